The summed E-state index contributed by atoms with van der Waals surface area (Å²) in [5, 5.41) is 0. The van der Waals surface area contributed by atoms with E-state index < -0.39 is 21.7 Å². The molecule has 0 bridgehead atoms. The van der Waals surface area contributed by atoms with Gasteiger partial charge in [0, 0.05) is 0 Å². The minimum Gasteiger partial charge on any atom is -0.395 e. The van der Waals surface area contributed by atoms with Crippen molar-refractivity contribution in [1.29, 1.82) is 0 Å². The Morgan fingerprint density at radius 3 is 1.23 bits per heavy atom. The summed E-state index contributed by atoms with van der Waals surface area (Å²) in [7, 11) is -8.26. The summed E-state index contributed by atoms with van der Waals surface area (Å²) in [6.07, 6.45) is 4.33. The molecule has 0 heterocycles. The molecule has 8 nitrogen and oxygen atoms in total. The fourth-order valence-electron chi connectivity index (χ4n) is 3.58. The second kappa shape index (κ2) is 12.8. The van der Waals surface area contributed by atoms with Crippen molar-refractivity contribution in [3.8, 4) is 23.0 Å². The van der Waals surface area contributed by atoms with Gasteiger partial charge in [-0.2, -0.15) is 4.57 Å². The Balaban J connectivity index is 1.30. The Kier molecular flexibility index (Phi) is 8.72. The van der Waals surface area contributed by atoms with Gasteiger partial charge >= 0.3 is 15.6 Å². The van der Waals surface area contributed by atoms with Gasteiger partial charge in [-0.1, -0.05) is 78.9 Å². The molecule has 1 aliphatic rings. The van der Waals surface area contributed by atoms with E-state index in [0.29, 0.717) is 23.0 Å². The van der Waals surface area contributed by atoms with Crippen LogP contribution in [0.5, 0.6) is 23.0 Å². The summed E-state index contributed by atoms with van der Waals surface area (Å²) < 4.78 is 61.7. The third kappa shape index (κ3) is 7.90. The number of rotatable bonds is 12. The van der Waals surface area contributed by atoms with E-state index in [-0.39, 0.29) is 12.2 Å². The normalized spacial score (nSPS) is 15.0. The first-order valence-electron chi connectivity index (χ1n) is 12.4. The Bertz CT molecular complexity index is 1440. The molecule has 0 aromatic heterocycles. The van der Waals surface area contributed by atoms with E-state index in [9.17, 15) is 9.13 Å². The first kappa shape index (κ1) is 27.4. The van der Waals surface area contributed by atoms with Gasteiger partial charge in [0.25, 0.3) is 0 Å². The Morgan fingerprint density at radius 1 is 0.500 bits per heavy atom. The zero-order chi connectivity index (χ0) is 27.7. The SMILES string of the molecule is O=P(OC1=CCC(OP(=O)(Oc2ccccc2)Oc2ccccc2)C=C1)(Oc1ccccc1)Oc1ccccc1. The molecule has 0 saturated heterocycles. The summed E-state index contributed by atoms with van der Waals surface area (Å²) in [5.41, 5.74) is 0. The predicted octanol–water partition coefficient (Wildman–Crippen LogP) is 8.76. The van der Waals surface area contributed by atoms with Gasteiger partial charge in [-0.25, -0.2) is 4.57 Å². The van der Waals surface area contributed by atoms with E-state index in [1.807, 2.05) is 24.3 Å². The van der Waals surface area contributed by atoms with Crippen molar-refractivity contribution in [2.45, 2.75) is 12.5 Å². The average molecular weight is 576 g/mol. The standard InChI is InChI=1S/C30H26O8P2/c31-39(33-25-13-5-1-6-14-25,34-26-15-7-2-8-16-26)37-29-21-23-30(24-22-29)38-40(32,35-27-17-9-3-10-18-27)36-28-19-11-4-12-20-28/h1-23,30H,24H2. The molecule has 4 aromatic carbocycles. The van der Waals surface area contributed by atoms with Gasteiger partial charge in [0.05, 0.1) is 6.10 Å². The monoisotopic (exact) mass is 576 g/mol. The smallest absolute Gasteiger partial charge is 0.395 e. The maximum atomic E-state index is 13.7. The third-order valence-electron chi connectivity index (χ3n) is 5.35. The fraction of sp³-hybridized carbons (Fsp3) is 0.0667. The number of benzene rings is 4. The van der Waals surface area contributed by atoms with Crippen molar-refractivity contribution in [3.05, 3.63) is 145 Å². The lowest BCUT2D eigenvalue weighted by atomic mass is 10.1. The molecule has 1 aliphatic carbocycles. The molecule has 1 atom stereocenters. The lowest BCUT2D eigenvalue weighted by molar-refractivity contribution is 0.170. The predicted molar refractivity (Wildman–Crippen MR) is 151 cm³/mol. The van der Waals surface area contributed by atoms with Crippen LogP contribution in [-0.4, -0.2) is 6.10 Å². The van der Waals surface area contributed by atoms with E-state index in [0.717, 1.165) is 0 Å². The first-order chi connectivity index (χ1) is 19.5. The molecule has 4 aromatic rings. The number of phosphoric ester groups is 2. The molecule has 5 rings (SSSR count). The minimum atomic E-state index is -4.15. The highest BCUT2D eigenvalue weighted by atomic mass is 31.2. The van der Waals surface area contributed by atoms with E-state index in [2.05, 4.69) is 0 Å². The van der Waals surface area contributed by atoms with Crippen LogP contribution in [0.4, 0.5) is 0 Å². The second-order valence-electron chi connectivity index (χ2n) is 8.45. The number of allylic oxidation sites excluding steroid dienone is 1. The number of hydrogen-bond acceptors (Lipinski definition) is 8. The van der Waals surface area contributed by atoms with Crippen LogP contribution in [0.15, 0.2) is 145 Å². The number of hydrogen-bond donors (Lipinski definition) is 0. The minimum absolute atomic E-state index is 0.225. The van der Waals surface area contributed by atoms with E-state index in [1.54, 1.807) is 115 Å². The summed E-state index contributed by atoms with van der Waals surface area (Å²) in [5.74, 6) is 1.54. The van der Waals surface area contributed by atoms with Crippen LogP contribution >= 0.6 is 15.6 Å². The zero-order valence-corrected chi connectivity index (χ0v) is 23.0. The van der Waals surface area contributed by atoms with Crippen LogP contribution < -0.4 is 18.1 Å². The average Bonchev–Trinajstić information content (AvgIpc) is 2.96. The summed E-state index contributed by atoms with van der Waals surface area (Å²) >= 11 is 0. The van der Waals surface area contributed by atoms with Crippen LogP contribution in [0, 0.1) is 0 Å². The summed E-state index contributed by atoms with van der Waals surface area (Å²) in [4.78, 5) is 0. The van der Waals surface area contributed by atoms with Crippen molar-refractivity contribution >= 4 is 15.6 Å². The molecule has 0 amide bonds. The molecule has 0 radical (unpaired) electrons. The van der Waals surface area contributed by atoms with Gasteiger partial charge in [0.2, 0.25) is 0 Å². The van der Waals surface area contributed by atoms with Gasteiger partial charge in [0.15, 0.2) is 0 Å². The van der Waals surface area contributed by atoms with Gasteiger partial charge in [-0.05, 0) is 67.1 Å². The molecule has 40 heavy (non-hydrogen) atoms. The van der Waals surface area contributed by atoms with Crippen LogP contribution in [0.1, 0.15) is 6.42 Å². The van der Waals surface area contributed by atoms with E-state index in [1.165, 1.54) is 0 Å². The van der Waals surface area contributed by atoms with Gasteiger partial charge in [-0.15, -0.1) is 0 Å². The molecular formula is C30H26O8P2. The Morgan fingerprint density at radius 2 is 0.875 bits per heavy atom. The summed E-state index contributed by atoms with van der Waals surface area (Å²) in [6, 6.07) is 34.5. The van der Waals surface area contributed by atoms with Crippen molar-refractivity contribution in [3.63, 3.8) is 0 Å². The zero-order valence-electron chi connectivity index (χ0n) is 21.2. The molecular weight excluding hydrogens is 550 g/mol. The highest BCUT2D eigenvalue weighted by Crippen LogP contribution is 2.53. The van der Waals surface area contributed by atoms with Crippen LogP contribution in [0.25, 0.3) is 0 Å². The Labute approximate surface area is 232 Å². The third-order valence-corrected chi connectivity index (χ3v) is 8.05. The maximum absolute atomic E-state index is 13.7. The highest BCUT2D eigenvalue weighted by Gasteiger charge is 2.36. The quantitative estimate of drug-likeness (QED) is 0.155. The largest absolute Gasteiger partial charge is 0.647 e. The molecule has 0 N–H and O–H groups in total. The molecule has 0 fully saturated rings. The van der Waals surface area contributed by atoms with Crippen molar-refractivity contribution in [2.75, 3.05) is 0 Å². The van der Waals surface area contributed by atoms with Crippen molar-refractivity contribution in [2.24, 2.45) is 0 Å². The van der Waals surface area contributed by atoms with Gasteiger partial charge < -0.3 is 22.6 Å². The molecule has 0 saturated carbocycles. The lowest BCUT2D eigenvalue weighted by Gasteiger charge is -2.24. The number of para-hydroxylation sites is 4. The maximum Gasteiger partial charge on any atom is 0.647 e. The van der Waals surface area contributed by atoms with Gasteiger partial charge in [-0.3, -0.25) is 4.52 Å². The highest BCUT2D eigenvalue weighted by molar-refractivity contribution is 7.49. The Hall–Kier alpha value is -4.22. The van der Waals surface area contributed by atoms with Crippen molar-refractivity contribution in [1.82, 2.24) is 0 Å². The first-order valence-corrected chi connectivity index (χ1v) is 15.3. The molecule has 10 heteroatoms. The fourth-order valence-corrected chi connectivity index (χ4v) is 6.22. The number of phosphoric acid groups is 2. The lowest BCUT2D eigenvalue weighted by Crippen LogP contribution is -2.16. The second-order valence-corrected chi connectivity index (χ2v) is 11.4. The molecule has 1 unspecified atom stereocenters. The van der Waals surface area contributed by atoms with Crippen LogP contribution in [0.3, 0.4) is 0 Å². The van der Waals surface area contributed by atoms with Gasteiger partial charge in [0.1, 0.15) is 28.8 Å². The van der Waals surface area contributed by atoms with Crippen LogP contribution in [-0.2, 0) is 18.2 Å². The van der Waals surface area contributed by atoms with E-state index >= 15 is 0 Å². The van der Waals surface area contributed by atoms with E-state index in [4.69, 9.17) is 27.1 Å². The van der Waals surface area contributed by atoms with Crippen molar-refractivity contribution < 1.29 is 36.3 Å². The molecule has 0 aliphatic heterocycles. The summed E-state index contributed by atoms with van der Waals surface area (Å²) in [6.45, 7) is 0. The molecule has 0 spiro atoms. The van der Waals surface area contributed by atoms with Crippen LogP contribution in [0.2, 0.25) is 0 Å². The molecule has 204 valence electrons. The topological polar surface area (TPSA) is 89.5 Å².